The van der Waals surface area contributed by atoms with Crippen molar-refractivity contribution in [2.24, 2.45) is 11.5 Å². The van der Waals surface area contributed by atoms with Crippen LogP contribution in [0.3, 0.4) is 0 Å². The number of hydrogen-bond donors (Lipinski definition) is 2. The minimum atomic E-state index is 0.411. The Labute approximate surface area is 171 Å². The number of rotatable bonds is 5. The fourth-order valence-electron chi connectivity index (χ4n) is 3.65. The highest BCUT2D eigenvalue weighted by molar-refractivity contribution is 5.95. The highest BCUT2D eigenvalue weighted by atomic mass is 15.1. The van der Waals surface area contributed by atoms with Crippen molar-refractivity contribution in [3.8, 4) is 22.5 Å². The molecule has 0 bridgehead atoms. The molecule has 0 radical (unpaired) electrons. The van der Waals surface area contributed by atoms with Gasteiger partial charge in [0.2, 0.25) is 0 Å². The highest BCUT2D eigenvalue weighted by Crippen LogP contribution is 2.33. The Balaban J connectivity index is 1.95. The maximum absolute atomic E-state index is 6.10. The van der Waals surface area contributed by atoms with Gasteiger partial charge in [-0.15, -0.1) is 0 Å². The summed E-state index contributed by atoms with van der Waals surface area (Å²) in [7, 11) is 4.06. The van der Waals surface area contributed by atoms with E-state index in [1.165, 1.54) is 0 Å². The maximum atomic E-state index is 6.10. The van der Waals surface area contributed by atoms with E-state index in [0.717, 1.165) is 50.2 Å². The molecule has 5 nitrogen and oxygen atoms in total. The van der Waals surface area contributed by atoms with Gasteiger partial charge in [0.25, 0.3) is 0 Å². The Morgan fingerprint density at radius 2 is 1.69 bits per heavy atom. The fourth-order valence-corrected chi connectivity index (χ4v) is 3.65. The van der Waals surface area contributed by atoms with Gasteiger partial charge in [0.15, 0.2) is 0 Å². The lowest BCUT2D eigenvalue weighted by atomic mass is 9.95. The van der Waals surface area contributed by atoms with Gasteiger partial charge in [0.1, 0.15) is 0 Å². The third-order valence-electron chi connectivity index (χ3n) is 5.23. The zero-order valence-electron chi connectivity index (χ0n) is 16.8. The van der Waals surface area contributed by atoms with Crippen LogP contribution in [-0.4, -0.2) is 24.1 Å². The predicted octanol–water partition coefficient (Wildman–Crippen LogP) is 3.95. The predicted molar refractivity (Wildman–Crippen MR) is 121 cm³/mol. The van der Waals surface area contributed by atoms with Gasteiger partial charge >= 0.3 is 0 Å². The van der Waals surface area contributed by atoms with Crippen LogP contribution in [0.5, 0.6) is 0 Å². The molecule has 2 aromatic carbocycles. The van der Waals surface area contributed by atoms with E-state index in [2.05, 4.69) is 46.3 Å². The molecule has 0 amide bonds. The molecule has 0 spiro atoms. The molecule has 0 aliphatic carbocycles. The number of hydrogen-bond acceptors (Lipinski definition) is 5. The van der Waals surface area contributed by atoms with Gasteiger partial charge in [-0.2, -0.15) is 0 Å². The molecular weight excluding hydrogens is 358 g/mol. The number of aromatic nitrogens is 2. The average molecular weight is 383 g/mol. The first-order valence-corrected chi connectivity index (χ1v) is 9.67. The average Bonchev–Trinajstić information content (AvgIpc) is 2.77. The van der Waals surface area contributed by atoms with E-state index in [9.17, 15) is 0 Å². The first kappa shape index (κ1) is 19.1. The lowest BCUT2D eigenvalue weighted by Gasteiger charge is -2.16. The Morgan fingerprint density at radius 1 is 0.897 bits per heavy atom. The zero-order chi connectivity index (χ0) is 20.4. The second kappa shape index (κ2) is 7.99. The minimum absolute atomic E-state index is 0.411. The third kappa shape index (κ3) is 3.58. The zero-order valence-corrected chi connectivity index (χ0v) is 16.8. The van der Waals surface area contributed by atoms with Gasteiger partial charge in [-0.25, -0.2) is 4.98 Å². The molecule has 29 heavy (non-hydrogen) atoms. The van der Waals surface area contributed by atoms with Crippen LogP contribution in [0.2, 0.25) is 0 Å². The van der Waals surface area contributed by atoms with Crippen molar-refractivity contribution in [2.75, 3.05) is 19.0 Å². The molecule has 0 atom stereocenters. The number of nitrogens with zero attached hydrogens (tertiary/aromatic N) is 3. The second-order valence-corrected chi connectivity index (χ2v) is 7.22. The highest BCUT2D eigenvalue weighted by Gasteiger charge is 2.15. The quantitative estimate of drug-likeness (QED) is 0.545. The lowest BCUT2D eigenvalue weighted by Crippen LogP contribution is -2.08. The topological polar surface area (TPSA) is 81.1 Å². The molecule has 4 N–H and O–H groups in total. The molecule has 0 aliphatic rings. The Bertz CT molecular complexity index is 1150. The summed E-state index contributed by atoms with van der Waals surface area (Å²) in [6.45, 7) is 0.857. The Morgan fingerprint density at radius 3 is 2.38 bits per heavy atom. The van der Waals surface area contributed by atoms with Crippen LogP contribution in [0, 0.1) is 0 Å². The SMILES string of the molecule is CN(C)c1ccc(-c2cc3ncccc3c(-c3cccc(CN)c3CN)n2)cc1. The molecule has 0 aliphatic heterocycles. The summed E-state index contributed by atoms with van der Waals surface area (Å²) in [4.78, 5) is 11.7. The van der Waals surface area contributed by atoms with Crippen molar-refractivity contribution in [2.45, 2.75) is 13.1 Å². The van der Waals surface area contributed by atoms with E-state index < -0.39 is 0 Å². The summed E-state index contributed by atoms with van der Waals surface area (Å²) < 4.78 is 0. The molecule has 0 fully saturated rings. The van der Waals surface area contributed by atoms with Crippen LogP contribution >= 0.6 is 0 Å². The first-order chi connectivity index (χ1) is 14.1. The standard InChI is InChI=1S/C24H25N5/c1-29(2)18-10-8-16(9-11-18)22-13-23-20(7-4-12-27-23)24(28-22)19-6-3-5-17(14-25)21(19)15-26/h3-13H,14-15,25-26H2,1-2H3. The van der Waals surface area contributed by atoms with Crippen LogP contribution < -0.4 is 16.4 Å². The number of benzene rings is 2. The van der Waals surface area contributed by atoms with Crippen LogP contribution in [0.1, 0.15) is 11.1 Å². The van der Waals surface area contributed by atoms with Gasteiger partial charge in [0.05, 0.1) is 16.9 Å². The van der Waals surface area contributed by atoms with Gasteiger partial charge < -0.3 is 16.4 Å². The molecule has 0 unspecified atom stereocenters. The summed E-state index contributed by atoms with van der Waals surface area (Å²) in [5, 5.41) is 1.00. The van der Waals surface area contributed by atoms with E-state index in [1.54, 1.807) is 0 Å². The third-order valence-corrected chi connectivity index (χ3v) is 5.23. The van der Waals surface area contributed by atoms with Crippen LogP contribution in [-0.2, 0) is 13.1 Å². The molecule has 4 aromatic rings. The van der Waals surface area contributed by atoms with Crippen LogP contribution in [0.15, 0.2) is 66.9 Å². The minimum Gasteiger partial charge on any atom is -0.378 e. The van der Waals surface area contributed by atoms with Crippen molar-refractivity contribution < 1.29 is 0 Å². The van der Waals surface area contributed by atoms with E-state index >= 15 is 0 Å². The largest absolute Gasteiger partial charge is 0.378 e. The van der Waals surface area contributed by atoms with Gasteiger partial charge in [-0.3, -0.25) is 4.98 Å². The van der Waals surface area contributed by atoms with Gasteiger partial charge in [-0.1, -0.05) is 30.3 Å². The van der Waals surface area contributed by atoms with Crippen LogP contribution in [0.25, 0.3) is 33.4 Å². The number of nitrogens with two attached hydrogens (primary N) is 2. The molecule has 2 heterocycles. The van der Waals surface area contributed by atoms with Crippen molar-refractivity contribution in [1.29, 1.82) is 0 Å². The molecule has 0 saturated heterocycles. The monoisotopic (exact) mass is 383 g/mol. The van der Waals surface area contributed by atoms with Gasteiger partial charge in [-0.05, 0) is 41.5 Å². The molecular formula is C24H25N5. The maximum Gasteiger partial charge on any atom is 0.0806 e. The van der Waals surface area contributed by atoms with E-state index in [-0.39, 0.29) is 0 Å². The van der Waals surface area contributed by atoms with E-state index in [1.807, 2.05) is 44.6 Å². The first-order valence-electron chi connectivity index (χ1n) is 9.67. The molecule has 2 aromatic heterocycles. The smallest absolute Gasteiger partial charge is 0.0806 e. The molecule has 146 valence electrons. The van der Waals surface area contributed by atoms with Crippen molar-refractivity contribution >= 4 is 16.6 Å². The summed E-state index contributed by atoms with van der Waals surface area (Å²) in [6.07, 6.45) is 1.81. The Kier molecular flexibility index (Phi) is 5.25. The molecule has 0 saturated carbocycles. The normalized spacial score (nSPS) is 11.0. The molecule has 5 heteroatoms. The number of anilines is 1. The summed E-state index contributed by atoms with van der Waals surface area (Å²) >= 11 is 0. The summed E-state index contributed by atoms with van der Waals surface area (Å²) in [5.74, 6) is 0. The summed E-state index contributed by atoms with van der Waals surface area (Å²) in [5.41, 5.74) is 20.0. The van der Waals surface area contributed by atoms with E-state index in [4.69, 9.17) is 16.5 Å². The van der Waals surface area contributed by atoms with Crippen molar-refractivity contribution in [1.82, 2.24) is 9.97 Å². The van der Waals surface area contributed by atoms with Crippen molar-refractivity contribution in [3.63, 3.8) is 0 Å². The number of pyridine rings is 2. The number of fused-ring (bicyclic) bond motifs is 1. The van der Waals surface area contributed by atoms with Crippen molar-refractivity contribution in [3.05, 3.63) is 78.0 Å². The molecule has 4 rings (SSSR count). The second-order valence-electron chi connectivity index (χ2n) is 7.22. The summed E-state index contributed by atoms with van der Waals surface area (Å²) in [6, 6.07) is 20.5. The fraction of sp³-hybridized carbons (Fsp3) is 0.167. The van der Waals surface area contributed by atoms with Crippen LogP contribution in [0.4, 0.5) is 5.69 Å². The van der Waals surface area contributed by atoms with E-state index in [0.29, 0.717) is 13.1 Å². The van der Waals surface area contributed by atoms with Gasteiger partial charge in [0, 0.05) is 55.6 Å². The Hall–Kier alpha value is -3.28. The lowest BCUT2D eigenvalue weighted by molar-refractivity contribution is 0.980.